The predicted molar refractivity (Wildman–Crippen MR) is 100 cm³/mol. The quantitative estimate of drug-likeness (QED) is 0.549. The summed E-state index contributed by atoms with van der Waals surface area (Å²) in [7, 11) is 0. The van der Waals surface area contributed by atoms with Crippen LogP contribution in [0.3, 0.4) is 0 Å². The van der Waals surface area contributed by atoms with Crippen LogP contribution in [0, 0.1) is 0 Å². The summed E-state index contributed by atoms with van der Waals surface area (Å²) in [6.07, 6.45) is 0. The molecule has 2 atom stereocenters. The maximum Gasteiger partial charge on any atom is 0.254 e. The van der Waals surface area contributed by atoms with E-state index in [1.165, 1.54) is 12.1 Å². The molecule has 0 fully saturated rings. The standard InChI is InChI=1S/C22H16N2O4/c25-19-15-12-18-16(20(26)24-22(18,28)14-9-5-2-6-10-14)11-17(15)21(27,23-19)13-7-3-1-4-8-13/h1-12,27-28H,(H,23,25)(H,24,26)/t21-,22+. The van der Waals surface area contributed by atoms with Crippen LogP contribution in [0.4, 0.5) is 0 Å². The fraction of sp³-hybridized carbons (Fsp3) is 0.0909. The molecule has 6 heteroatoms. The molecule has 0 bridgehead atoms. The first-order valence-electron chi connectivity index (χ1n) is 8.83. The lowest BCUT2D eigenvalue weighted by Gasteiger charge is -2.26. The maximum atomic E-state index is 12.6. The third-order valence-corrected chi connectivity index (χ3v) is 5.40. The number of hydrogen-bond acceptors (Lipinski definition) is 4. The lowest BCUT2D eigenvalue weighted by molar-refractivity contribution is 0.0469. The van der Waals surface area contributed by atoms with Crippen molar-refractivity contribution in [3.05, 3.63) is 106 Å². The van der Waals surface area contributed by atoms with E-state index in [2.05, 4.69) is 10.6 Å². The molecule has 0 saturated heterocycles. The van der Waals surface area contributed by atoms with Gasteiger partial charge in [0.15, 0.2) is 11.4 Å². The molecule has 2 aliphatic rings. The van der Waals surface area contributed by atoms with Crippen LogP contribution in [0.15, 0.2) is 72.8 Å². The summed E-state index contributed by atoms with van der Waals surface area (Å²) >= 11 is 0. The number of benzene rings is 3. The van der Waals surface area contributed by atoms with Crippen LogP contribution >= 0.6 is 0 Å². The molecular formula is C22H16N2O4. The molecule has 2 heterocycles. The fourth-order valence-corrected chi connectivity index (χ4v) is 3.99. The monoisotopic (exact) mass is 372 g/mol. The predicted octanol–water partition coefficient (Wildman–Crippen LogP) is 1.56. The molecule has 0 aliphatic carbocycles. The normalized spacial score (nSPS) is 25.1. The fourth-order valence-electron chi connectivity index (χ4n) is 3.99. The highest BCUT2D eigenvalue weighted by atomic mass is 16.3. The van der Waals surface area contributed by atoms with Gasteiger partial charge in [-0.3, -0.25) is 9.59 Å². The van der Waals surface area contributed by atoms with E-state index in [0.29, 0.717) is 11.1 Å². The summed E-state index contributed by atoms with van der Waals surface area (Å²) in [5.41, 5.74) is -1.50. The Balaban J connectivity index is 1.73. The van der Waals surface area contributed by atoms with E-state index < -0.39 is 23.3 Å². The Morgan fingerprint density at radius 2 is 0.964 bits per heavy atom. The average molecular weight is 372 g/mol. The number of carbonyl (C=O) groups is 2. The van der Waals surface area contributed by atoms with Crippen molar-refractivity contribution in [1.82, 2.24) is 10.6 Å². The first-order valence-corrected chi connectivity index (χ1v) is 8.83. The zero-order chi connectivity index (χ0) is 19.5. The van der Waals surface area contributed by atoms with Crippen molar-refractivity contribution in [1.29, 1.82) is 0 Å². The molecule has 0 spiro atoms. The van der Waals surface area contributed by atoms with Gasteiger partial charge in [-0.2, -0.15) is 0 Å². The molecule has 3 aromatic rings. The van der Waals surface area contributed by atoms with E-state index in [0.717, 1.165) is 0 Å². The lowest BCUT2D eigenvalue weighted by atomic mass is 9.88. The maximum absolute atomic E-state index is 12.6. The molecule has 0 radical (unpaired) electrons. The highest BCUT2D eigenvalue weighted by molar-refractivity contribution is 6.05. The second-order valence-corrected chi connectivity index (χ2v) is 7.00. The van der Waals surface area contributed by atoms with E-state index in [1.807, 2.05) is 0 Å². The van der Waals surface area contributed by atoms with Gasteiger partial charge in [-0.1, -0.05) is 60.7 Å². The molecule has 2 aliphatic heterocycles. The Morgan fingerprint density at radius 1 is 0.607 bits per heavy atom. The second kappa shape index (κ2) is 5.51. The van der Waals surface area contributed by atoms with E-state index in [9.17, 15) is 19.8 Å². The van der Waals surface area contributed by atoms with Crippen molar-refractivity contribution in [2.45, 2.75) is 11.4 Å². The van der Waals surface area contributed by atoms with Gasteiger partial charge < -0.3 is 20.8 Å². The molecule has 6 nitrogen and oxygen atoms in total. The van der Waals surface area contributed by atoms with E-state index >= 15 is 0 Å². The molecule has 0 unspecified atom stereocenters. The van der Waals surface area contributed by atoms with Crippen LogP contribution in [0.1, 0.15) is 43.0 Å². The number of hydrogen-bond donors (Lipinski definition) is 4. The van der Waals surface area contributed by atoms with Crippen LogP contribution in [0.2, 0.25) is 0 Å². The molecule has 4 N–H and O–H groups in total. The zero-order valence-electron chi connectivity index (χ0n) is 14.6. The van der Waals surface area contributed by atoms with Gasteiger partial charge in [-0.25, -0.2) is 0 Å². The Labute approximate surface area is 160 Å². The minimum Gasteiger partial charge on any atom is -0.363 e. The number of carbonyl (C=O) groups excluding carboxylic acids is 2. The Hall–Kier alpha value is -3.48. The van der Waals surface area contributed by atoms with Crippen molar-refractivity contribution < 1.29 is 19.8 Å². The summed E-state index contributed by atoms with van der Waals surface area (Å²) in [6.45, 7) is 0. The SMILES string of the molecule is O=C1N[C@@](O)(c2ccccc2)c2cc3c(cc21)[C@@](O)(c1ccccc1)NC3=O. The van der Waals surface area contributed by atoms with Gasteiger partial charge in [0.05, 0.1) is 0 Å². The molecule has 0 saturated carbocycles. The second-order valence-electron chi connectivity index (χ2n) is 7.00. The van der Waals surface area contributed by atoms with Crippen LogP contribution < -0.4 is 10.6 Å². The number of nitrogens with one attached hydrogen (secondary N) is 2. The first kappa shape index (κ1) is 16.7. The smallest absolute Gasteiger partial charge is 0.254 e. The van der Waals surface area contributed by atoms with Gasteiger partial charge in [0.1, 0.15) is 0 Å². The van der Waals surface area contributed by atoms with Gasteiger partial charge in [0.2, 0.25) is 0 Å². The van der Waals surface area contributed by atoms with Crippen molar-refractivity contribution in [2.75, 3.05) is 0 Å². The number of aliphatic hydroxyl groups is 2. The Bertz CT molecular complexity index is 1040. The van der Waals surface area contributed by atoms with Crippen molar-refractivity contribution in [3.63, 3.8) is 0 Å². The summed E-state index contributed by atoms with van der Waals surface area (Å²) in [5.74, 6) is -0.946. The van der Waals surface area contributed by atoms with Crippen LogP contribution in [-0.4, -0.2) is 22.0 Å². The molecule has 138 valence electrons. The summed E-state index contributed by atoms with van der Waals surface area (Å²) < 4.78 is 0. The molecule has 3 aromatic carbocycles. The largest absolute Gasteiger partial charge is 0.363 e. The Kier molecular flexibility index (Phi) is 3.28. The molecule has 2 amide bonds. The molecule has 0 aromatic heterocycles. The Morgan fingerprint density at radius 3 is 1.32 bits per heavy atom. The van der Waals surface area contributed by atoms with Gasteiger partial charge in [0, 0.05) is 33.4 Å². The number of amides is 2. The number of fused-ring (bicyclic) bond motifs is 2. The van der Waals surface area contributed by atoms with Gasteiger partial charge >= 0.3 is 0 Å². The third kappa shape index (κ3) is 2.10. The summed E-state index contributed by atoms with van der Waals surface area (Å²) in [4.78, 5) is 25.3. The molecule has 5 rings (SSSR count). The van der Waals surface area contributed by atoms with Crippen LogP contribution in [0.25, 0.3) is 0 Å². The topological polar surface area (TPSA) is 98.7 Å². The summed E-state index contributed by atoms with van der Waals surface area (Å²) in [5, 5.41) is 27.6. The molecular weight excluding hydrogens is 356 g/mol. The minimum absolute atomic E-state index is 0.218. The van der Waals surface area contributed by atoms with Gasteiger partial charge in [-0.05, 0) is 12.1 Å². The molecule has 28 heavy (non-hydrogen) atoms. The minimum atomic E-state index is -1.74. The van der Waals surface area contributed by atoms with E-state index in [4.69, 9.17) is 0 Å². The van der Waals surface area contributed by atoms with Crippen molar-refractivity contribution in [3.8, 4) is 0 Å². The van der Waals surface area contributed by atoms with Crippen LogP contribution in [0.5, 0.6) is 0 Å². The van der Waals surface area contributed by atoms with Gasteiger partial charge in [0.25, 0.3) is 11.8 Å². The van der Waals surface area contributed by atoms with Crippen LogP contribution in [-0.2, 0) is 11.4 Å². The third-order valence-electron chi connectivity index (χ3n) is 5.40. The lowest BCUT2D eigenvalue weighted by Crippen LogP contribution is -2.40. The highest BCUT2D eigenvalue weighted by Crippen LogP contribution is 2.42. The summed E-state index contributed by atoms with van der Waals surface area (Å²) in [6, 6.07) is 20.4. The number of rotatable bonds is 2. The average Bonchev–Trinajstić information content (AvgIpc) is 3.14. The van der Waals surface area contributed by atoms with E-state index in [1.54, 1.807) is 60.7 Å². The highest BCUT2D eigenvalue weighted by Gasteiger charge is 2.49. The van der Waals surface area contributed by atoms with Gasteiger partial charge in [-0.15, -0.1) is 0 Å². The zero-order valence-corrected chi connectivity index (χ0v) is 14.6. The van der Waals surface area contributed by atoms with E-state index in [-0.39, 0.29) is 22.3 Å². The van der Waals surface area contributed by atoms with Crippen molar-refractivity contribution in [2.24, 2.45) is 0 Å². The van der Waals surface area contributed by atoms with Crippen molar-refractivity contribution >= 4 is 11.8 Å². The first-order chi connectivity index (χ1) is 13.4.